The second-order valence-electron chi connectivity index (χ2n) is 7.96. The Labute approximate surface area is 211 Å². The first-order chi connectivity index (χ1) is 14.1. The maximum Gasteiger partial charge on any atom is 0.230 e. The molecule has 3 aliphatic heterocycles. The van der Waals surface area contributed by atoms with Gasteiger partial charge in [-0.05, 0) is 75.9 Å². The number of aliphatic imine (C=N–C) groups is 1. The molecule has 1 aromatic heterocycles. The van der Waals surface area contributed by atoms with Crippen LogP contribution in [0.3, 0.4) is 0 Å². The van der Waals surface area contributed by atoms with E-state index >= 15 is 0 Å². The molecule has 1 amide bonds. The molecule has 0 saturated carbocycles. The van der Waals surface area contributed by atoms with E-state index < -0.39 is 11.0 Å². The number of nitrogens with one attached hydrogen (secondary N) is 1. The SMILES string of the molecule is CC1(C)/C=C\C2=Nc3cc(Br)c(Br)c(Br)c3C23CC(=O)N3/C=C(/Cl)c2nc(Br)[nH]c21. The number of fused-ring (bicyclic) bond motifs is 2. The molecule has 154 valence electrons. The van der Waals surface area contributed by atoms with Crippen LogP contribution in [0.1, 0.15) is 37.2 Å². The van der Waals surface area contributed by atoms with Crippen LogP contribution in [0.4, 0.5) is 5.69 Å². The van der Waals surface area contributed by atoms with Gasteiger partial charge < -0.3 is 9.88 Å². The maximum absolute atomic E-state index is 12.8. The van der Waals surface area contributed by atoms with Crippen LogP contribution >= 0.6 is 75.3 Å². The predicted octanol–water partition coefficient (Wildman–Crippen LogP) is 7.06. The molecular formula is C20H13Br4ClN4O. The minimum atomic E-state index is -0.716. The number of carbonyl (C=O) groups is 1. The van der Waals surface area contributed by atoms with E-state index in [0.717, 1.165) is 36.1 Å². The largest absolute Gasteiger partial charge is 0.335 e. The number of halogens is 5. The van der Waals surface area contributed by atoms with Gasteiger partial charge in [0.2, 0.25) is 5.91 Å². The van der Waals surface area contributed by atoms with Gasteiger partial charge in [0, 0.05) is 30.6 Å². The molecule has 4 heterocycles. The molecule has 1 N–H and O–H groups in total. The highest BCUT2D eigenvalue weighted by atomic mass is 79.9. The van der Waals surface area contributed by atoms with Gasteiger partial charge in [-0.1, -0.05) is 31.5 Å². The van der Waals surface area contributed by atoms with Gasteiger partial charge in [-0.25, -0.2) is 4.98 Å². The summed E-state index contributed by atoms with van der Waals surface area (Å²) in [5.74, 6) is -0.0240. The smallest absolute Gasteiger partial charge is 0.230 e. The van der Waals surface area contributed by atoms with Gasteiger partial charge in [0.25, 0.3) is 0 Å². The first-order valence-electron chi connectivity index (χ1n) is 8.98. The Balaban J connectivity index is 1.82. The summed E-state index contributed by atoms with van der Waals surface area (Å²) in [5, 5.41) is 0.392. The van der Waals surface area contributed by atoms with Crippen molar-refractivity contribution in [2.45, 2.75) is 31.2 Å². The lowest BCUT2D eigenvalue weighted by Gasteiger charge is -2.49. The number of aromatic nitrogens is 2. The van der Waals surface area contributed by atoms with Gasteiger partial charge in [0.15, 0.2) is 4.73 Å². The molecular weight excluding hydrogens is 667 g/mol. The Hall–Kier alpha value is -0.740. The lowest BCUT2D eigenvalue weighted by molar-refractivity contribution is -0.145. The fraction of sp³-hybridized carbons (Fsp3) is 0.250. The van der Waals surface area contributed by atoms with Gasteiger partial charge in [0.1, 0.15) is 11.2 Å². The van der Waals surface area contributed by atoms with Crippen LogP contribution in [0.15, 0.2) is 47.6 Å². The van der Waals surface area contributed by atoms with Crippen molar-refractivity contribution in [1.29, 1.82) is 0 Å². The summed E-state index contributed by atoms with van der Waals surface area (Å²) in [4.78, 5) is 27.2. The van der Waals surface area contributed by atoms with E-state index in [4.69, 9.17) is 16.6 Å². The Morgan fingerprint density at radius 1 is 1.20 bits per heavy atom. The molecule has 1 unspecified atom stereocenters. The first-order valence-corrected chi connectivity index (χ1v) is 12.5. The number of hydrogen-bond donors (Lipinski definition) is 1. The molecule has 10 heteroatoms. The summed E-state index contributed by atoms with van der Waals surface area (Å²) < 4.78 is 3.21. The van der Waals surface area contributed by atoms with E-state index in [1.165, 1.54) is 0 Å². The molecule has 1 saturated heterocycles. The molecule has 2 aromatic rings. The van der Waals surface area contributed by atoms with Crippen molar-refractivity contribution in [1.82, 2.24) is 14.9 Å². The number of H-pyrrole nitrogens is 1. The maximum atomic E-state index is 12.8. The van der Waals surface area contributed by atoms with E-state index in [9.17, 15) is 4.79 Å². The standard InChI is InChI=1S/C20H13Br4ClN4O/c1-19(2)4-3-11-20(13-10(26-11)5-8(21)14(22)15(13)23)6-12(30)29(20)7-9(25)16-17(19)28-18(24)27-16/h3-5,7H,6H2,1-2H3,(H,27,28)/b4-3-,9-7+. The number of carbonyl (C=O) groups excluding carboxylic acids is 1. The number of rotatable bonds is 0. The third kappa shape index (κ3) is 2.78. The van der Waals surface area contributed by atoms with Gasteiger partial charge >= 0.3 is 0 Å². The predicted molar refractivity (Wildman–Crippen MR) is 132 cm³/mol. The van der Waals surface area contributed by atoms with Crippen molar-refractivity contribution in [2.75, 3.05) is 0 Å². The van der Waals surface area contributed by atoms with Crippen molar-refractivity contribution in [3.8, 4) is 0 Å². The normalized spacial score (nSPS) is 26.5. The van der Waals surface area contributed by atoms with Gasteiger partial charge in [-0.3, -0.25) is 9.79 Å². The van der Waals surface area contributed by atoms with E-state index in [1.807, 2.05) is 12.1 Å². The number of hydrogen-bond acceptors (Lipinski definition) is 3. The molecule has 0 aliphatic carbocycles. The minimum Gasteiger partial charge on any atom is -0.335 e. The minimum absolute atomic E-state index is 0.0240. The number of imidazole rings is 1. The average Bonchev–Trinajstić information content (AvgIpc) is 3.22. The van der Waals surface area contributed by atoms with Gasteiger partial charge in [-0.15, -0.1) is 0 Å². The zero-order valence-electron chi connectivity index (χ0n) is 15.7. The monoisotopic (exact) mass is 676 g/mol. The lowest BCUT2D eigenvalue weighted by atomic mass is 9.74. The fourth-order valence-electron chi connectivity index (χ4n) is 4.23. The Kier molecular flexibility index (Phi) is 4.84. The number of allylic oxidation sites excluding steroid dienone is 1. The zero-order valence-corrected chi connectivity index (χ0v) is 22.8. The summed E-state index contributed by atoms with van der Waals surface area (Å²) in [7, 11) is 0. The topological polar surface area (TPSA) is 61.4 Å². The number of amides is 1. The number of β-lactam (4-membered cyclic amide) rings is 1. The Morgan fingerprint density at radius 3 is 2.63 bits per heavy atom. The van der Waals surface area contributed by atoms with E-state index in [2.05, 4.69) is 93.6 Å². The van der Waals surface area contributed by atoms with Crippen molar-refractivity contribution in [3.63, 3.8) is 0 Å². The van der Waals surface area contributed by atoms with Gasteiger partial charge in [0.05, 0.1) is 28.5 Å². The number of aromatic amines is 1. The van der Waals surface area contributed by atoms with Crippen LogP contribution in [-0.2, 0) is 15.7 Å². The summed E-state index contributed by atoms with van der Waals surface area (Å²) in [6.07, 6.45) is 6.09. The fourth-order valence-corrected chi connectivity index (χ4v) is 6.58. The third-order valence-electron chi connectivity index (χ3n) is 5.75. The van der Waals surface area contributed by atoms with E-state index in [1.54, 1.807) is 11.1 Å². The molecule has 3 aliphatic rings. The first kappa shape index (κ1) is 21.1. The van der Waals surface area contributed by atoms with Crippen LogP contribution in [0.25, 0.3) is 5.03 Å². The molecule has 1 aromatic carbocycles. The zero-order chi connectivity index (χ0) is 21.6. The van der Waals surface area contributed by atoms with E-state index in [-0.39, 0.29) is 5.91 Å². The number of nitrogens with zero attached hydrogens (tertiary/aromatic N) is 3. The molecule has 5 nitrogen and oxygen atoms in total. The molecule has 1 fully saturated rings. The molecule has 30 heavy (non-hydrogen) atoms. The molecule has 1 atom stereocenters. The van der Waals surface area contributed by atoms with Gasteiger partial charge in [-0.2, -0.15) is 0 Å². The van der Waals surface area contributed by atoms with Crippen molar-refractivity contribution in [2.24, 2.45) is 4.99 Å². The van der Waals surface area contributed by atoms with Crippen LogP contribution < -0.4 is 0 Å². The van der Waals surface area contributed by atoms with Crippen LogP contribution in [0.2, 0.25) is 0 Å². The Bertz CT molecular complexity index is 1250. The average molecular weight is 680 g/mol. The highest BCUT2D eigenvalue weighted by Gasteiger charge is 2.59. The second kappa shape index (κ2) is 6.88. The highest BCUT2D eigenvalue weighted by molar-refractivity contribution is 9.14. The highest BCUT2D eigenvalue weighted by Crippen LogP contribution is 2.57. The summed E-state index contributed by atoms with van der Waals surface area (Å²) >= 11 is 21.1. The van der Waals surface area contributed by atoms with Crippen molar-refractivity contribution >= 4 is 97.7 Å². The molecule has 5 rings (SSSR count). The Morgan fingerprint density at radius 2 is 1.93 bits per heavy atom. The van der Waals surface area contributed by atoms with Crippen LogP contribution in [0, 0.1) is 0 Å². The van der Waals surface area contributed by atoms with Crippen molar-refractivity contribution < 1.29 is 4.79 Å². The van der Waals surface area contributed by atoms with Crippen molar-refractivity contribution in [3.05, 3.63) is 59.5 Å². The number of benzene rings is 1. The second-order valence-corrected chi connectivity index (χ2v) is 11.6. The molecule has 1 spiro atoms. The van der Waals surface area contributed by atoms with Crippen LogP contribution in [0.5, 0.6) is 0 Å². The van der Waals surface area contributed by atoms with Crippen LogP contribution in [-0.4, -0.2) is 26.5 Å². The molecule has 0 radical (unpaired) electrons. The lowest BCUT2D eigenvalue weighted by Crippen LogP contribution is -2.61. The van der Waals surface area contributed by atoms with E-state index in [0.29, 0.717) is 21.9 Å². The third-order valence-corrected chi connectivity index (χ3v) is 9.71. The quantitative estimate of drug-likeness (QED) is 0.240. The summed E-state index contributed by atoms with van der Waals surface area (Å²) in [5.41, 5.74) is 2.92. The summed E-state index contributed by atoms with van der Waals surface area (Å²) in [6.45, 7) is 4.17. The molecule has 0 bridgehead atoms. The summed E-state index contributed by atoms with van der Waals surface area (Å²) in [6, 6.07) is 1.96.